The molecule has 0 heterocycles. The maximum Gasteiger partial charge on any atom is 0.406 e. The zero-order valence-corrected chi connectivity index (χ0v) is 9.53. The molecule has 0 aromatic heterocycles. The number of ether oxygens (including phenoxy) is 1. The summed E-state index contributed by atoms with van der Waals surface area (Å²) in [5.41, 5.74) is 0.632. The molecule has 17 heavy (non-hydrogen) atoms. The van der Waals surface area contributed by atoms with Gasteiger partial charge in [0.25, 0.3) is 0 Å². The van der Waals surface area contributed by atoms with Gasteiger partial charge in [-0.05, 0) is 17.7 Å². The standard InChI is InChI=1S/C12H14FNO3/c1-17-12(16)14-6-5-11(15)8-9-3-2-4-10(13)7-9/h2-4,7H,5-6,8H2,1H3,(H,14,16). The molecular weight excluding hydrogens is 225 g/mol. The molecule has 0 saturated carbocycles. The van der Waals surface area contributed by atoms with Crippen molar-refractivity contribution in [2.45, 2.75) is 12.8 Å². The second kappa shape index (κ2) is 6.62. The molecule has 0 radical (unpaired) electrons. The Hall–Kier alpha value is -1.91. The molecule has 1 rings (SSSR count). The van der Waals surface area contributed by atoms with E-state index in [1.54, 1.807) is 12.1 Å². The summed E-state index contributed by atoms with van der Waals surface area (Å²) in [6.07, 6.45) is -0.199. The van der Waals surface area contributed by atoms with Crippen LogP contribution in [0.3, 0.4) is 0 Å². The Morgan fingerprint density at radius 3 is 2.82 bits per heavy atom. The predicted octanol–water partition coefficient (Wildman–Crippen LogP) is 1.68. The topological polar surface area (TPSA) is 55.4 Å². The first-order chi connectivity index (χ1) is 8.11. The highest BCUT2D eigenvalue weighted by atomic mass is 19.1. The molecule has 4 nitrogen and oxygen atoms in total. The number of ketones is 1. The van der Waals surface area contributed by atoms with Gasteiger partial charge in [-0.25, -0.2) is 9.18 Å². The van der Waals surface area contributed by atoms with Gasteiger partial charge in [-0.15, -0.1) is 0 Å². The van der Waals surface area contributed by atoms with Gasteiger partial charge in [0.05, 0.1) is 7.11 Å². The van der Waals surface area contributed by atoms with Gasteiger partial charge < -0.3 is 10.1 Å². The number of rotatable bonds is 5. The third-order valence-corrected chi connectivity index (χ3v) is 2.15. The molecule has 0 bridgehead atoms. The van der Waals surface area contributed by atoms with Crippen LogP contribution in [-0.2, 0) is 16.0 Å². The fraction of sp³-hybridized carbons (Fsp3) is 0.333. The number of methoxy groups -OCH3 is 1. The van der Waals surface area contributed by atoms with E-state index in [-0.39, 0.29) is 31.0 Å². The van der Waals surface area contributed by atoms with Crippen molar-refractivity contribution in [1.29, 1.82) is 0 Å². The summed E-state index contributed by atoms with van der Waals surface area (Å²) in [5.74, 6) is -0.421. The Kier molecular flexibility index (Phi) is 5.13. The van der Waals surface area contributed by atoms with Gasteiger partial charge in [-0.2, -0.15) is 0 Å². The molecule has 5 heteroatoms. The average Bonchev–Trinajstić information content (AvgIpc) is 2.28. The summed E-state index contributed by atoms with van der Waals surface area (Å²) < 4.78 is 17.2. The number of amides is 1. The zero-order chi connectivity index (χ0) is 12.7. The Labute approximate surface area is 98.8 Å². The van der Waals surface area contributed by atoms with Crippen molar-refractivity contribution in [3.05, 3.63) is 35.6 Å². The van der Waals surface area contributed by atoms with Crippen molar-refractivity contribution in [3.63, 3.8) is 0 Å². The third-order valence-electron chi connectivity index (χ3n) is 2.15. The summed E-state index contributed by atoms with van der Waals surface area (Å²) >= 11 is 0. The number of hydrogen-bond acceptors (Lipinski definition) is 3. The van der Waals surface area contributed by atoms with Crippen LogP contribution >= 0.6 is 0 Å². The summed E-state index contributed by atoms with van der Waals surface area (Å²) in [7, 11) is 1.25. The van der Waals surface area contributed by atoms with Gasteiger partial charge in [0.15, 0.2) is 0 Å². The van der Waals surface area contributed by atoms with E-state index in [0.29, 0.717) is 5.56 Å². The van der Waals surface area contributed by atoms with Crippen molar-refractivity contribution >= 4 is 11.9 Å². The van der Waals surface area contributed by atoms with Crippen LogP contribution in [0, 0.1) is 5.82 Å². The van der Waals surface area contributed by atoms with Gasteiger partial charge in [0, 0.05) is 19.4 Å². The molecule has 1 amide bonds. The lowest BCUT2D eigenvalue weighted by atomic mass is 10.1. The summed E-state index contributed by atoms with van der Waals surface area (Å²) in [6, 6.07) is 5.90. The molecule has 0 unspecified atom stereocenters. The van der Waals surface area contributed by atoms with Gasteiger partial charge in [-0.3, -0.25) is 4.79 Å². The van der Waals surface area contributed by atoms with E-state index in [0.717, 1.165) is 0 Å². The molecule has 0 aliphatic carbocycles. The molecule has 0 spiro atoms. The van der Waals surface area contributed by atoms with Gasteiger partial charge in [0.1, 0.15) is 11.6 Å². The molecule has 0 fully saturated rings. The highest BCUT2D eigenvalue weighted by Crippen LogP contribution is 2.05. The summed E-state index contributed by atoms with van der Waals surface area (Å²) in [6.45, 7) is 0.223. The lowest BCUT2D eigenvalue weighted by Crippen LogP contribution is -2.26. The fourth-order valence-electron chi connectivity index (χ4n) is 1.34. The SMILES string of the molecule is COC(=O)NCCC(=O)Cc1cccc(F)c1. The molecule has 0 saturated heterocycles. The number of alkyl carbamates (subject to hydrolysis) is 1. The molecule has 1 aromatic carbocycles. The maximum absolute atomic E-state index is 12.8. The van der Waals surface area contributed by atoms with Crippen LogP contribution in [0.5, 0.6) is 0 Å². The molecule has 0 atom stereocenters. The quantitative estimate of drug-likeness (QED) is 0.850. The van der Waals surface area contributed by atoms with E-state index in [4.69, 9.17) is 0 Å². The summed E-state index contributed by atoms with van der Waals surface area (Å²) in [5, 5.41) is 2.40. The normalized spacial score (nSPS) is 9.76. The van der Waals surface area contributed by atoms with Crippen LogP contribution < -0.4 is 5.32 Å². The van der Waals surface area contributed by atoms with Gasteiger partial charge >= 0.3 is 6.09 Å². The number of hydrogen-bond donors (Lipinski definition) is 1. The second-order valence-electron chi connectivity index (χ2n) is 3.51. The first kappa shape index (κ1) is 13.2. The van der Waals surface area contributed by atoms with Crippen molar-refractivity contribution < 1.29 is 18.7 Å². The van der Waals surface area contributed by atoms with E-state index in [2.05, 4.69) is 10.1 Å². The monoisotopic (exact) mass is 239 g/mol. The lowest BCUT2D eigenvalue weighted by molar-refractivity contribution is -0.118. The van der Waals surface area contributed by atoms with Crippen molar-refractivity contribution in [1.82, 2.24) is 5.32 Å². The Bertz CT molecular complexity index is 406. The zero-order valence-electron chi connectivity index (χ0n) is 9.53. The second-order valence-corrected chi connectivity index (χ2v) is 3.51. The van der Waals surface area contributed by atoms with Crippen LogP contribution in [0.4, 0.5) is 9.18 Å². The van der Waals surface area contributed by atoms with Gasteiger partial charge in [0.2, 0.25) is 0 Å². The minimum absolute atomic E-state index is 0.0630. The van der Waals surface area contributed by atoms with Crippen LogP contribution in [0.2, 0.25) is 0 Å². The molecule has 0 aliphatic heterocycles. The van der Waals surface area contributed by atoms with Crippen molar-refractivity contribution in [2.24, 2.45) is 0 Å². The Balaban J connectivity index is 2.32. The van der Waals surface area contributed by atoms with Crippen LogP contribution in [0.25, 0.3) is 0 Å². The molecule has 0 aliphatic rings. The third kappa shape index (κ3) is 5.10. The van der Waals surface area contributed by atoms with Crippen LogP contribution in [-0.4, -0.2) is 25.5 Å². The predicted molar refractivity (Wildman–Crippen MR) is 60.1 cm³/mol. The minimum Gasteiger partial charge on any atom is -0.453 e. The first-order valence-corrected chi connectivity index (χ1v) is 5.20. The van der Waals surface area contributed by atoms with E-state index < -0.39 is 6.09 Å². The number of carbonyl (C=O) groups excluding carboxylic acids is 2. The first-order valence-electron chi connectivity index (χ1n) is 5.20. The molecule has 1 N–H and O–H groups in total. The molecular formula is C12H14FNO3. The highest BCUT2D eigenvalue weighted by molar-refractivity contribution is 5.81. The van der Waals surface area contributed by atoms with Crippen molar-refractivity contribution in [3.8, 4) is 0 Å². The number of benzene rings is 1. The largest absolute Gasteiger partial charge is 0.453 e. The molecule has 1 aromatic rings. The van der Waals surface area contributed by atoms with Gasteiger partial charge in [-0.1, -0.05) is 12.1 Å². The summed E-state index contributed by atoms with van der Waals surface area (Å²) in [4.78, 5) is 22.2. The van der Waals surface area contributed by atoms with Crippen molar-refractivity contribution in [2.75, 3.05) is 13.7 Å². The average molecular weight is 239 g/mol. The Morgan fingerprint density at radius 2 is 2.18 bits per heavy atom. The van der Waals surface area contributed by atoms with Crippen LogP contribution in [0.1, 0.15) is 12.0 Å². The number of halogens is 1. The van der Waals surface area contributed by atoms with E-state index in [1.165, 1.54) is 19.2 Å². The lowest BCUT2D eigenvalue weighted by Gasteiger charge is -2.03. The molecule has 92 valence electrons. The minimum atomic E-state index is -0.566. The maximum atomic E-state index is 12.8. The van der Waals surface area contributed by atoms with Crippen LogP contribution in [0.15, 0.2) is 24.3 Å². The number of carbonyl (C=O) groups is 2. The Morgan fingerprint density at radius 1 is 1.41 bits per heavy atom. The highest BCUT2D eigenvalue weighted by Gasteiger charge is 2.05. The number of Topliss-reactive ketones (excluding diaryl/α,β-unsaturated/α-hetero) is 1. The number of nitrogens with one attached hydrogen (secondary N) is 1. The van der Waals surface area contributed by atoms with E-state index >= 15 is 0 Å². The smallest absolute Gasteiger partial charge is 0.406 e. The van der Waals surface area contributed by atoms with E-state index in [1.807, 2.05) is 0 Å². The van der Waals surface area contributed by atoms with E-state index in [9.17, 15) is 14.0 Å². The fourth-order valence-corrected chi connectivity index (χ4v) is 1.34.